The molecule has 1 aliphatic rings. The molecule has 0 spiro atoms. The molecule has 2 N–H and O–H groups in total. The van der Waals surface area contributed by atoms with Crippen LogP contribution in [0, 0.1) is 11.8 Å². The molecule has 20 heavy (non-hydrogen) atoms. The molecule has 1 aromatic rings. The number of carbonyl (C=O) groups excluding carboxylic acids is 1. The van der Waals surface area contributed by atoms with Gasteiger partial charge >= 0.3 is 0 Å². The van der Waals surface area contributed by atoms with Crippen molar-refractivity contribution in [3.8, 4) is 5.75 Å². The van der Waals surface area contributed by atoms with Crippen molar-refractivity contribution in [2.24, 2.45) is 17.6 Å². The first kappa shape index (κ1) is 14.9. The molecular weight excluding hydrogens is 252 g/mol. The number of anilines is 1. The minimum atomic E-state index is 0.0702. The molecule has 0 aromatic heterocycles. The second-order valence-corrected chi connectivity index (χ2v) is 5.48. The number of nitrogens with two attached hydrogens (primary N) is 1. The zero-order chi connectivity index (χ0) is 14.5. The number of amides is 1. The Kier molecular flexibility index (Phi) is 5.01. The quantitative estimate of drug-likeness (QED) is 0.919. The zero-order valence-corrected chi connectivity index (χ0v) is 12.3. The van der Waals surface area contributed by atoms with Gasteiger partial charge in [0.2, 0.25) is 5.91 Å². The van der Waals surface area contributed by atoms with Gasteiger partial charge in [-0.25, -0.2) is 0 Å². The summed E-state index contributed by atoms with van der Waals surface area (Å²) in [5.74, 6) is 1.38. The van der Waals surface area contributed by atoms with Crippen molar-refractivity contribution in [1.29, 1.82) is 0 Å². The van der Waals surface area contributed by atoms with E-state index in [1.165, 1.54) is 6.42 Å². The number of benzene rings is 1. The Bertz CT molecular complexity index is 444. The van der Waals surface area contributed by atoms with Gasteiger partial charge in [-0.05, 0) is 49.6 Å². The minimum Gasteiger partial charge on any atom is -0.497 e. The molecule has 1 amide bonds. The van der Waals surface area contributed by atoms with Gasteiger partial charge in [0, 0.05) is 18.7 Å². The van der Waals surface area contributed by atoms with E-state index < -0.39 is 0 Å². The van der Waals surface area contributed by atoms with Crippen LogP contribution in [0.3, 0.4) is 0 Å². The molecule has 1 saturated carbocycles. The summed E-state index contributed by atoms with van der Waals surface area (Å²) in [6, 6.07) is 7.58. The van der Waals surface area contributed by atoms with Crippen molar-refractivity contribution in [3.05, 3.63) is 24.3 Å². The van der Waals surface area contributed by atoms with Gasteiger partial charge in [-0.15, -0.1) is 0 Å². The molecule has 1 aromatic carbocycles. The lowest BCUT2D eigenvalue weighted by molar-refractivity contribution is -0.124. The normalized spacial score (nSPS) is 22.4. The molecule has 0 radical (unpaired) electrons. The van der Waals surface area contributed by atoms with Crippen LogP contribution in [0.2, 0.25) is 0 Å². The Morgan fingerprint density at radius 1 is 1.30 bits per heavy atom. The largest absolute Gasteiger partial charge is 0.497 e. The monoisotopic (exact) mass is 276 g/mol. The molecule has 2 atom stereocenters. The lowest BCUT2D eigenvalue weighted by Crippen LogP contribution is -2.40. The van der Waals surface area contributed by atoms with Crippen LogP contribution in [0.5, 0.6) is 5.75 Å². The maximum absolute atomic E-state index is 12.7. The highest BCUT2D eigenvalue weighted by Gasteiger charge is 2.32. The average molecular weight is 276 g/mol. The number of rotatable bonds is 4. The molecule has 0 aliphatic heterocycles. The molecule has 0 heterocycles. The van der Waals surface area contributed by atoms with Crippen LogP contribution in [-0.2, 0) is 4.79 Å². The van der Waals surface area contributed by atoms with Gasteiger partial charge in [-0.2, -0.15) is 0 Å². The number of nitrogens with zero attached hydrogens (tertiary/aromatic N) is 1. The van der Waals surface area contributed by atoms with Crippen molar-refractivity contribution in [2.45, 2.75) is 25.7 Å². The molecule has 1 aliphatic carbocycles. The lowest BCUT2D eigenvalue weighted by Gasteiger charge is -2.32. The topological polar surface area (TPSA) is 55.6 Å². The summed E-state index contributed by atoms with van der Waals surface area (Å²) >= 11 is 0. The van der Waals surface area contributed by atoms with Crippen molar-refractivity contribution < 1.29 is 9.53 Å². The molecule has 0 saturated heterocycles. The van der Waals surface area contributed by atoms with E-state index >= 15 is 0 Å². The van der Waals surface area contributed by atoms with Gasteiger partial charge in [0.05, 0.1) is 7.11 Å². The Hall–Kier alpha value is -1.55. The molecule has 0 bridgehead atoms. The lowest BCUT2D eigenvalue weighted by atomic mass is 9.78. The first-order valence-electron chi connectivity index (χ1n) is 7.29. The van der Waals surface area contributed by atoms with Gasteiger partial charge in [0.25, 0.3) is 0 Å². The fourth-order valence-electron chi connectivity index (χ4n) is 3.00. The highest BCUT2D eigenvalue weighted by atomic mass is 16.5. The maximum Gasteiger partial charge on any atom is 0.230 e. The number of methoxy groups -OCH3 is 1. The van der Waals surface area contributed by atoms with Crippen molar-refractivity contribution in [1.82, 2.24) is 0 Å². The first-order valence-corrected chi connectivity index (χ1v) is 7.29. The summed E-state index contributed by atoms with van der Waals surface area (Å²) in [7, 11) is 3.48. The summed E-state index contributed by atoms with van der Waals surface area (Å²) in [6.45, 7) is 0.604. The standard InChI is InChI=1S/C16H24N2O2/c1-18(13-7-9-14(20-2)10-8-13)16(19)15-6-4-3-5-12(15)11-17/h7-10,12,15H,3-6,11,17H2,1-2H3. The van der Waals surface area contributed by atoms with Gasteiger partial charge in [0.15, 0.2) is 0 Å². The summed E-state index contributed by atoms with van der Waals surface area (Å²) < 4.78 is 5.14. The fourth-order valence-corrected chi connectivity index (χ4v) is 3.00. The first-order chi connectivity index (χ1) is 9.67. The van der Waals surface area contributed by atoms with Crippen molar-refractivity contribution in [3.63, 3.8) is 0 Å². The third kappa shape index (κ3) is 3.12. The predicted molar refractivity (Wildman–Crippen MR) is 80.9 cm³/mol. The highest BCUT2D eigenvalue weighted by Crippen LogP contribution is 2.32. The van der Waals surface area contributed by atoms with E-state index in [-0.39, 0.29) is 11.8 Å². The van der Waals surface area contributed by atoms with E-state index in [1.807, 2.05) is 31.3 Å². The third-order valence-corrected chi connectivity index (χ3v) is 4.32. The van der Waals surface area contributed by atoms with Crippen LogP contribution >= 0.6 is 0 Å². The highest BCUT2D eigenvalue weighted by molar-refractivity contribution is 5.94. The molecule has 2 unspecified atom stereocenters. The van der Waals surface area contributed by atoms with Crippen molar-refractivity contribution in [2.75, 3.05) is 25.6 Å². The summed E-state index contributed by atoms with van der Waals surface area (Å²) in [4.78, 5) is 14.4. The van der Waals surface area contributed by atoms with E-state index in [9.17, 15) is 4.79 Å². The summed E-state index contributed by atoms with van der Waals surface area (Å²) in [5.41, 5.74) is 6.72. The molecule has 4 nitrogen and oxygen atoms in total. The second kappa shape index (κ2) is 6.75. The minimum absolute atomic E-state index is 0.0702. The summed E-state index contributed by atoms with van der Waals surface area (Å²) in [6.07, 6.45) is 4.35. The van der Waals surface area contributed by atoms with Crippen LogP contribution in [0.1, 0.15) is 25.7 Å². The Morgan fingerprint density at radius 3 is 2.55 bits per heavy atom. The summed E-state index contributed by atoms with van der Waals surface area (Å²) in [5, 5.41) is 0. The van der Waals surface area contributed by atoms with Gasteiger partial charge in [-0.3, -0.25) is 4.79 Å². The zero-order valence-electron chi connectivity index (χ0n) is 12.3. The SMILES string of the molecule is COc1ccc(N(C)C(=O)C2CCCCC2CN)cc1. The Morgan fingerprint density at radius 2 is 1.95 bits per heavy atom. The number of carbonyl (C=O) groups is 1. The fraction of sp³-hybridized carbons (Fsp3) is 0.562. The van der Waals surface area contributed by atoms with E-state index in [0.717, 1.165) is 30.7 Å². The van der Waals surface area contributed by atoms with E-state index in [4.69, 9.17) is 10.5 Å². The predicted octanol–water partition coefficient (Wildman–Crippen LogP) is 2.42. The number of hydrogen-bond acceptors (Lipinski definition) is 3. The average Bonchev–Trinajstić information content (AvgIpc) is 2.53. The van der Waals surface area contributed by atoms with Gasteiger partial charge in [-0.1, -0.05) is 12.8 Å². The molecule has 2 rings (SSSR count). The van der Waals surface area contributed by atoms with E-state index in [1.54, 1.807) is 12.0 Å². The van der Waals surface area contributed by atoms with Crippen LogP contribution in [-0.4, -0.2) is 26.6 Å². The Balaban J connectivity index is 2.10. The maximum atomic E-state index is 12.7. The molecular formula is C16H24N2O2. The van der Waals surface area contributed by atoms with E-state index in [0.29, 0.717) is 12.5 Å². The molecule has 110 valence electrons. The smallest absolute Gasteiger partial charge is 0.230 e. The van der Waals surface area contributed by atoms with E-state index in [2.05, 4.69) is 0 Å². The molecule has 1 fully saturated rings. The number of hydrogen-bond donors (Lipinski definition) is 1. The van der Waals surface area contributed by atoms with Crippen LogP contribution in [0.25, 0.3) is 0 Å². The van der Waals surface area contributed by atoms with Crippen LogP contribution in [0.15, 0.2) is 24.3 Å². The Labute approximate surface area is 120 Å². The van der Waals surface area contributed by atoms with Gasteiger partial charge < -0.3 is 15.4 Å². The van der Waals surface area contributed by atoms with Crippen LogP contribution in [0.4, 0.5) is 5.69 Å². The number of ether oxygens (including phenoxy) is 1. The second-order valence-electron chi connectivity index (χ2n) is 5.48. The van der Waals surface area contributed by atoms with Crippen molar-refractivity contribution >= 4 is 11.6 Å². The van der Waals surface area contributed by atoms with Gasteiger partial charge in [0.1, 0.15) is 5.75 Å². The van der Waals surface area contributed by atoms with Crippen LogP contribution < -0.4 is 15.4 Å². The molecule has 4 heteroatoms. The third-order valence-electron chi connectivity index (χ3n) is 4.32.